The number of ether oxygens (including phenoxy) is 1. The molecule has 0 spiro atoms. The number of nitrogens with zero attached hydrogens (tertiary/aromatic N) is 1. The van der Waals surface area contributed by atoms with Gasteiger partial charge in [-0.05, 0) is 30.5 Å². The summed E-state index contributed by atoms with van der Waals surface area (Å²) in [5.41, 5.74) is 7.35. The molecule has 6 heteroatoms. The molecule has 1 saturated heterocycles. The maximum Gasteiger partial charge on any atom is 0.355 e. The zero-order valence-corrected chi connectivity index (χ0v) is 15.9. The van der Waals surface area contributed by atoms with Crippen molar-refractivity contribution in [1.29, 1.82) is 0 Å². The maximum absolute atomic E-state index is 13.0. The Morgan fingerprint density at radius 3 is 1.93 bits per heavy atom. The molecule has 0 aliphatic carbocycles. The van der Waals surface area contributed by atoms with E-state index in [1.54, 1.807) is 13.8 Å². The number of likely N-dealkylation sites (tertiary alicyclic amines) is 1. The van der Waals surface area contributed by atoms with Crippen molar-refractivity contribution in [3.63, 3.8) is 0 Å². The lowest BCUT2D eigenvalue weighted by Crippen LogP contribution is -2.66. The summed E-state index contributed by atoms with van der Waals surface area (Å²) in [6, 6.07) is 18.1. The molecule has 2 aromatic rings. The third-order valence-electron chi connectivity index (χ3n) is 4.40. The molecule has 1 aliphatic rings. The fraction of sp³-hybridized carbons (Fsp3) is 0.238. The Morgan fingerprint density at radius 1 is 1.04 bits per heavy atom. The number of nitrogens with two attached hydrogens (primary N) is 1. The fourth-order valence-corrected chi connectivity index (χ4v) is 3.30. The third-order valence-corrected chi connectivity index (χ3v) is 4.87. The van der Waals surface area contributed by atoms with Gasteiger partial charge >= 0.3 is 5.97 Å². The van der Waals surface area contributed by atoms with Crippen molar-refractivity contribution in [1.82, 2.24) is 4.90 Å². The Labute approximate surface area is 163 Å². The number of amides is 1. The van der Waals surface area contributed by atoms with Crippen molar-refractivity contribution >= 4 is 23.5 Å². The summed E-state index contributed by atoms with van der Waals surface area (Å²) in [7, 11) is 0. The number of rotatable bonds is 5. The van der Waals surface area contributed by atoms with Crippen molar-refractivity contribution in [2.75, 3.05) is 0 Å². The summed E-state index contributed by atoms with van der Waals surface area (Å²) in [5, 5.41) is 0. The molecule has 5 nitrogen and oxygen atoms in total. The molecule has 1 amide bonds. The van der Waals surface area contributed by atoms with Crippen LogP contribution in [0.5, 0.6) is 0 Å². The number of allylic oxidation sites excluding steroid dienone is 1. The quantitative estimate of drug-likeness (QED) is 0.282. The first-order valence-corrected chi connectivity index (χ1v) is 9.06. The molecule has 140 valence electrons. The van der Waals surface area contributed by atoms with Crippen molar-refractivity contribution in [3.8, 4) is 0 Å². The fourth-order valence-electron chi connectivity index (χ4n) is 3.00. The molecule has 2 N–H and O–H groups in total. The first-order valence-electron chi connectivity index (χ1n) is 8.63. The van der Waals surface area contributed by atoms with E-state index >= 15 is 0 Å². The molecule has 0 saturated carbocycles. The first-order chi connectivity index (χ1) is 12.9. The van der Waals surface area contributed by atoms with E-state index in [9.17, 15) is 9.59 Å². The molecular formula is C21H21ClN2O3. The Hall–Kier alpha value is -2.63. The minimum Gasteiger partial charge on any atom is -0.448 e. The second-order valence-electron chi connectivity index (χ2n) is 6.56. The van der Waals surface area contributed by atoms with Gasteiger partial charge in [0.15, 0.2) is 6.10 Å². The van der Waals surface area contributed by atoms with Crippen LogP contribution >= 0.6 is 11.6 Å². The normalized spacial score (nSPS) is 18.9. The minimum absolute atomic E-state index is 0.138. The van der Waals surface area contributed by atoms with Gasteiger partial charge in [0.25, 0.3) is 0 Å². The zero-order valence-electron chi connectivity index (χ0n) is 15.1. The van der Waals surface area contributed by atoms with Crippen molar-refractivity contribution in [2.45, 2.75) is 31.5 Å². The second-order valence-corrected chi connectivity index (χ2v) is 7.01. The van der Waals surface area contributed by atoms with Crippen LogP contribution < -0.4 is 5.73 Å². The predicted molar refractivity (Wildman–Crippen MR) is 104 cm³/mol. The second kappa shape index (κ2) is 7.94. The van der Waals surface area contributed by atoms with E-state index in [1.165, 1.54) is 4.90 Å². The Balaban J connectivity index is 1.92. The number of hydrogen-bond acceptors (Lipinski definition) is 4. The highest BCUT2D eigenvalue weighted by atomic mass is 35.5. The maximum atomic E-state index is 13.0. The first kappa shape index (κ1) is 19.1. The van der Waals surface area contributed by atoms with Crippen LogP contribution in [0.25, 0.3) is 0 Å². The van der Waals surface area contributed by atoms with E-state index in [1.807, 2.05) is 60.7 Å². The molecule has 0 unspecified atom stereocenters. The van der Waals surface area contributed by atoms with Crippen LogP contribution in [0.4, 0.5) is 0 Å². The molecule has 1 aliphatic heterocycles. The van der Waals surface area contributed by atoms with E-state index in [2.05, 4.69) is 0 Å². The molecule has 2 aromatic carbocycles. The molecule has 3 rings (SSSR count). The van der Waals surface area contributed by atoms with Crippen LogP contribution in [0, 0.1) is 0 Å². The lowest BCUT2D eigenvalue weighted by molar-refractivity contribution is -0.153. The summed E-state index contributed by atoms with van der Waals surface area (Å²) in [4.78, 5) is 26.3. The van der Waals surface area contributed by atoms with Gasteiger partial charge in [-0.3, -0.25) is 9.69 Å². The standard InChI is InChI=1S/C21H21ClN2O3/c1-13(2)17(24-19(22)16(23)20(24)25)21(26)27-18(14-9-5-3-6-10-14)15-11-7-4-8-12-15/h3-12,16,18-19H,23H2,1-2H3/t16-,19+/m1/s1. The average molecular weight is 385 g/mol. The zero-order chi connectivity index (χ0) is 19.6. The highest BCUT2D eigenvalue weighted by Gasteiger charge is 2.48. The molecule has 0 bridgehead atoms. The SMILES string of the molecule is CC(C)=C(C(=O)OC(c1ccccc1)c1ccccc1)N1C(=O)[C@H](N)[C@H]1Cl. The monoisotopic (exact) mass is 384 g/mol. The van der Waals surface area contributed by atoms with Crippen LogP contribution in [0.2, 0.25) is 0 Å². The molecule has 2 atom stereocenters. The van der Waals surface area contributed by atoms with Crippen LogP contribution in [0.3, 0.4) is 0 Å². The van der Waals surface area contributed by atoms with Gasteiger partial charge < -0.3 is 10.5 Å². The summed E-state index contributed by atoms with van der Waals surface area (Å²) in [6.45, 7) is 3.47. The number of halogens is 1. The number of benzene rings is 2. The van der Waals surface area contributed by atoms with E-state index in [-0.39, 0.29) is 11.6 Å². The van der Waals surface area contributed by atoms with Gasteiger partial charge in [0.1, 0.15) is 17.2 Å². The average Bonchev–Trinajstić information content (AvgIpc) is 2.70. The number of hydrogen-bond donors (Lipinski definition) is 1. The minimum atomic E-state index is -0.812. The van der Waals surface area contributed by atoms with Crippen molar-refractivity contribution in [3.05, 3.63) is 83.1 Å². The third kappa shape index (κ3) is 3.75. The highest BCUT2D eigenvalue weighted by molar-refractivity contribution is 6.27. The lowest BCUT2D eigenvalue weighted by atomic mass is 10.0. The Bertz CT molecular complexity index is 824. The summed E-state index contributed by atoms with van der Waals surface area (Å²) >= 11 is 6.15. The molecule has 1 fully saturated rings. The van der Waals surface area contributed by atoms with Crippen LogP contribution in [0.1, 0.15) is 31.1 Å². The summed E-state index contributed by atoms with van der Waals surface area (Å²) < 4.78 is 5.84. The van der Waals surface area contributed by atoms with Crippen molar-refractivity contribution in [2.24, 2.45) is 5.73 Å². The van der Waals surface area contributed by atoms with Gasteiger partial charge in [-0.25, -0.2) is 4.79 Å². The molecule has 0 aromatic heterocycles. The summed E-state index contributed by atoms with van der Waals surface area (Å²) in [5.74, 6) is -1.00. The van der Waals surface area contributed by atoms with Crippen LogP contribution in [-0.4, -0.2) is 28.3 Å². The smallest absolute Gasteiger partial charge is 0.355 e. The van der Waals surface area contributed by atoms with Crippen LogP contribution in [-0.2, 0) is 14.3 Å². The molecule has 0 radical (unpaired) electrons. The van der Waals surface area contributed by atoms with Crippen LogP contribution in [0.15, 0.2) is 71.9 Å². The Kier molecular flexibility index (Phi) is 5.63. The van der Waals surface area contributed by atoms with Gasteiger partial charge in [0.2, 0.25) is 5.91 Å². The topological polar surface area (TPSA) is 72.6 Å². The van der Waals surface area contributed by atoms with E-state index in [0.29, 0.717) is 5.57 Å². The number of carbonyl (C=O) groups is 2. The highest BCUT2D eigenvalue weighted by Crippen LogP contribution is 2.32. The van der Waals surface area contributed by atoms with Gasteiger partial charge in [-0.2, -0.15) is 0 Å². The van der Waals surface area contributed by atoms with E-state index in [0.717, 1.165) is 11.1 Å². The largest absolute Gasteiger partial charge is 0.448 e. The summed E-state index contributed by atoms with van der Waals surface area (Å²) in [6.07, 6.45) is -0.604. The number of alkyl halides is 1. The molecular weight excluding hydrogens is 364 g/mol. The molecule has 1 heterocycles. The van der Waals surface area contributed by atoms with E-state index in [4.69, 9.17) is 22.1 Å². The van der Waals surface area contributed by atoms with Crippen molar-refractivity contribution < 1.29 is 14.3 Å². The van der Waals surface area contributed by atoms with Gasteiger partial charge in [0, 0.05) is 0 Å². The van der Waals surface area contributed by atoms with Gasteiger partial charge in [0.05, 0.1) is 0 Å². The number of carbonyl (C=O) groups excluding carboxylic acids is 2. The van der Waals surface area contributed by atoms with Gasteiger partial charge in [-0.15, -0.1) is 0 Å². The predicted octanol–water partition coefficient (Wildman–Crippen LogP) is 3.35. The Morgan fingerprint density at radius 2 is 1.52 bits per heavy atom. The molecule has 27 heavy (non-hydrogen) atoms. The lowest BCUT2D eigenvalue weighted by Gasteiger charge is -2.42. The number of esters is 1. The van der Waals surface area contributed by atoms with E-state index < -0.39 is 23.6 Å². The van der Waals surface area contributed by atoms with Gasteiger partial charge in [-0.1, -0.05) is 72.3 Å². The number of β-lactam (4-membered cyclic amide) rings is 1.